The van der Waals surface area contributed by atoms with Gasteiger partial charge in [-0.1, -0.05) is 20.8 Å². The molecule has 2 N–H and O–H groups in total. The molecule has 17 heavy (non-hydrogen) atoms. The molecule has 0 radical (unpaired) electrons. The van der Waals surface area contributed by atoms with Crippen molar-refractivity contribution in [1.29, 1.82) is 0 Å². The first kappa shape index (κ1) is 13.7. The lowest BCUT2D eigenvalue weighted by molar-refractivity contribution is 0.242. The second kappa shape index (κ2) is 5.80. The Labute approximate surface area is 104 Å². The van der Waals surface area contributed by atoms with Crippen molar-refractivity contribution in [2.45, 2.75) is 34.1 Å². The highest BCUT2D eigenvalue weighted by Crippen LogP contribution is 2.27. The summed E-state index contributed by atoms with van der Waals surface area (Å²) in [5.74, 6) is 1.51. The number of benzene rings is 1. The summed E-state index contributed by atoms with van der Waals surface area (Å²) in [4.78, 5) is 0. The molecule has 1 aromatic carbocycles. The standard InChI is InChI=1S/C14H23NO2/c1-5-16-13-10-11(6-7-12(13)15)17-9-8-14(2,3)4/h6-7,10H,5,8-9,15H2,1-4H3. The molecule has 0 aliphatic carbocycles. The summed E-state index contributed by atoms with van der Waals surface area (Å²) >= 11 is 0. The van der Waals surface area contributed by atoms with Gasteiger partial charge in [0.05, 0.1) is 18.9 Å². The number of hydrogen-bond donors (Lipinski definition) is 1. The van der Waals surface area contributed by atoms with Gasteiger partial charge in [0.1, 0.15) is 11.5 Å². The molecule has 0 aliphatic rings. The van der Waals surface area contributed by atoms with Crippen LogP contribution in [0.15, 0.2) is 18.2 Å². The molecule has 0 bridgehead atoms. The zero-order valence-corrected chi connectivity index (χ0v) is 11.2. The van der Waals surface area contributed by atoms with Gasteiger partial charge in [0.15, 0.2) is 0 Å². The Hall–Kier alpha value is -1.38. The predicted octanol–water partition coefficient (Wildman–Crippen LogP) is 3.48. The molecule has 0 unspecified atom stereocenters. The highest BCUT2D eigenvalue weighted by atomic mass is 16.5. The van der Waals surface area contributed by atoms with Crippen molar-refractivity contribution in [2.24, 2.45) is 5.41 Å². The van der Waals surface area contributed by atoms with Crippen LogP contribution in [0.4, 0.5) is 5.69 Å². The molecule has 0 saturated heterocycles. The first-order chi connectivity index (χ1) is 7.92. The van der Waals surface area contributed by atoms with E-state index in [1.807, 2.05) is 25.1 Å². The Morgan fingerprint density at radius 2 is 1.88 bits per heavy atom. The SMILES string of the molecule is CCOc1cc(OCCC(C)(C)C)ccc1N. The van der Waals surface area contributed by atoms with Gasteiger partial charge in [-0.25, -0.2) is 0 Å². The van der Waals surface area contributed by atoms with E-state index in [-0.39, 0.29) is 5.41 Å². The first-order valence-corrected chi connectivity index (χ1v) is 6.07. The lowest BCUT2D eigenvalue weighted by Gasteiger charge is -2.18. The maximum atomic E-state index is 5.79. The van der Waals surface area contributed by atoms with E-state index in [4.69, 9.17) is 15.2 Å². The van der Waals surface area contributed by atoms with Gasteiger partial charge in [-0.2, -0.15) is 0 Å². The van der Waals surface area contributed by atoms with Gasteiger partial charge in [0, 0.05) is 6.07 Å². The summed E-state index contributed by atoms with van der Waals surface area (Å²) in [5, 5.41) is 0. The fourth-order valence-electron chi connectivity index (χ4n) is 1.36. The van der Waals surface area contributed by atoms with Crippen molar-refractivity contribution >= 4 is 5.69 Å². The van der Waals surface area contributed by atoms with Crippen LogP contribution in [0.3, 0.4) is 0 Å². The minimum atomic E-state index is 0.288. The van der Waals surface area contributed by atoms with Crippen molar-refractivity contribution in [3.8, 4) is 11.5 Å². The molecule has 0 aliphatic heterocycles. The summed E-state index contributed by atoms with van der Waals surface area (Å²) < 4.78 is 11.1. The molecule has 0 aromatic heterocycles. The average molecular weight is 237 g/mol. The second-order valence-electron chi connectivity index (χ2n) is 5.29. The van der Waals surface area contributed by atoms with E-state index in [1.165, 1.54) is 0 Å². The third-order valence-corrected chi connectivity index (χ3v) is 2.41. The summed E-state index contributed by atoms with van der Waals surface area (Å²) in [6, 6.07) is 5.54. The van der Waals surface area contributed by atoms with Crippen LogP contribution in [-0.2, 0) is 0 Å². The van der Waals surface area contributed by atoms with E-state index in [0.29, 0.717) is 24.7 Å². The van der Waals surface area contributed by atoms with Crippen molar-refractivity contribution in [3.63, 3.8) is 0 Å². The third-order valence-electron chi connectivity index (χ3n) is 2.41. The van der Waals surface area contributed by atoms with Gasteiger partial charge in [-0.3, -0.25) is 0 Å². The van der Waals surface area contributed by atoms with Crippen LogP contribution in [0.5, 0.6) is 11.5 Å². The monoisotopic (exact) mass is 237 g/mol. The van der Waals surface area contributed by atoms with Crippen LogP contribution < -0.4 is 15.2 Å². The highest BCUT2D eigenvalue weighted by Gasteiger charge is 2.10. The summed E-state index contributed by atoms with van der Waals surface area (Å²) in [6.45, 7) is 9.85. The van der Waals surface area contributed by atoms with Crippen LogP contribution in [-0.4, -0.2) is 13.2 Å². The number of anilines is 1. The Bertz CT molecular complexity index is 356. The normalized spacial score (nSPS) is 11.3. The fourth-order valence-corrected chi connectivity index (χ4v) is 1.36. The van der Waals surface area contributed by atoms with Crippen LogP contribution in [0.25, 0.3) is 0 Å². The van der Waals surface area contributed by atoms with Gasteiger partial charge in [0.25, 0.3) is 0 Å². The van der Waals surface area contributed by atoms with Gasteiger partial charge < -0.3 is 15.2 Å². The molecule has 0 heterocycles. The number of nitrogen functional groups attached to an aromatic ring is 1. The molecule has 1 aromatic rings. The van der Waals surface area contributed by atoms with Crippen molar-refractivity contribution in [3.05, 3.63) is 18.2 Å². The molecule has 0 fully saturated rings. The van der Waals surface area contributed by atoms with Crippen molar-refractivity contribution in [2.75, 3.05) is 18.9 Å². The Morgan fingerprint density at radius 3 is 2.47 bits per heavy atom. The van der Waals surface area contributed by atoms with Crippen LogP contribution in [0.1, 0.15) is 34.1 Å². The summed E-state index contributed by atoms with van der Waals surface area (Å²) in [7, 11) is 0. The smallest absolute Gasteiger partial charge is 0.145 e. The minimum Gasteiger partial charge on any atom is -0.493 e. The molecular weight excluding hydrogens is 214 g/mol. The lowest BCUT2D eigenvalue weighted by atomic mass is 9.93. The number of rotatable bonds is 5. The molecule has 0 saturated carbocycles. The summed E-state index contributed by atoms with van der Waals surface area (Å²) in [6.07, 6.45) is 1.02. The third kappa shape index (κ3) is 4.98. The topological polar surface area (TPSA) is 44.5 Å². The van der Waals surface area contributed by atoms with Crippen LogP contribution >= 0.6 is 0 Å². The second-order valence-corrected chi connectivity index (χ2v) is 5.29. The van der Waals surface area contributed by atoms with E-state index in [1.54, 1.807) is 0 Å². The maximum Gasteiger partial charge on any atom is 0.145 e. The Kier molecular flexibility index (Phi) is 4.67. The molecule has 0 spiro atoms. The predicted molar refractivity (Wildman–Crippen MR) is 71.6 cm³/mol. The molecule has 0 amide bonds. The number of nitrogens with two attached hydrogens (primary N) is 1. The van der Waals surface area contributed by atoms with Crippen molar-refractivity contribution < 1.29 is 9.47 Å². The number of hydrogen-bond acceptors (Lipinski definition) is 3. The van der Waals surface area contributed by atoms with E-state index in [2.05, 4.69) is 20.8 Å². The molecule has 0 atom stereocenters. The average Bonchev–Trinajstić information content (AvgIpc) is 2.21. The zero-order valence-electron chi connectivity index (χ0n) is 11.2. The van der Waals surface area contributed by atoms with E-state index in [9.17, 15) is 0 Å². The van der Waals surface area contributed by atoms with E-state index >= 15 is 0 Å². The Balaban J connectivity index is 2.57. The van der Waals surface area contributed by atoms with Gasteiger partial charge >= 0.3 is 0 Å². The molecule has 3 nitrogen and oxygen atoms in total. The Morgan fingerprint density at radius 1 is 1.18 bits per heavy atom. The minimum absolute atomic E-state index is 0.288. The molecular formula is C14H23NO2. The van der Waals surface area contributed by atoms with Crippen LogP contribution in [0, 0.1) is 5.41 Å². The number of ether oxygens (including phenoxy) is 2. The zero-order chi connectivity index (χ0) is 12.9. The highest BCUT2D eigenvalue weighted by molar-refractivity contribution is 5.55. The van der Waals surface area contributed by atoms with Crippen LogP contribution in [0.2, 0.25) is 0 Å². The fraction of sp³-hybridized carbons (Fsp3) is 0.571. The van der Waals surface area contributed by atoms with Gasteiger partial charge in [-0.15, -0.1) is 0 Å². The van der Waals surface area contributed by atoms with Crippen molar-refractivity contribution in [1.82, 2.24) is 0 Å². The lowest BCUT2D eigenvalue weighted by Crippen LogP contribution is -2.11. The first-order valence-electron chi connectivity index (χ1n) is 6.07. The van der Waals surface area contributed by atoms with E-state index in [0.717, 1.165) is 12.2 Å². The summed E-state index contributed by atoms with van der Waals surface area (Å²) in [5.41, 5.74) is 6.73. The van der Waals surface area contributed by atoms with Gasteiger partial charge in [-0.05, 0) is 30.9 Å². The molecule has 1 rings (SSSR count). The molecule has 3 heteroatoms. The molecule has 96 valence electrons. The largest absolute Gasteiger partial charge is 0.493 e. The quantitative estimate of drug-likeness (QED) is 0.797. The maximum absolute atomic E-state index is 5.79. The van der Waals surface area contributed by atoms with Gasteiger partial charge in [0.2, 0.25) is 0 Å². The van der Waals surface area contributed by atoms with E-state index < -0.39 is 0 Å².